The van der Waals surface area contributed by atoms with E-state index < -0.39 is 5.82 Å². The third kappa shape index (κ3) is 2.36. The van der Waals surface area contributed by atoms with E-state index in [9.17, 15) is 9.18 Å². The van der Waals surface area contributed by atoms with Gasteiger partial charge in [0.25, 0.3) is 0 Å². The third-order valence-corrected chi connectivity index (χ3v) is 3.18. The molecule has 1 aromatic heterocycles. The zero-order valence-electron chi connectivity index (χ0n) is 10.3. The number of hydrogen-bond donors (Lipinski definition) is 0. The van der Waals surface area contributed by atoms with Crippen molar-refractivity contribution in [3.63, 3.8) is 0 Å². The standard InChI is InChI=1S/C14H13FN2O2/c15-13-3-1-2-10(7-18)14(13)19-8-12-6-16-9-17(12)11-4-5-11/h1-3,6-7,9,11H,4-5,8H2. The Bertz CT molecular complexity index is 605. The second-order valence-electron chi connectivity index (χ2n) is 4.59. The maximum atomic E-state index is 13.6. The van der Waals surface area contributed by atoms with E-state index in [0.29, 0.717) is 12.3 Å². The Morgan fingerprint density at radius 3 is 3.05 bits per heavy atom. The molecule has 0 unspecified atom stereocenters. The van der Waals surface area contributed by atoms with Crippen LogP contribution in [0, 0.1) is 5.82 Å². The normalized spacial score (nSPS) is 14.4. The molecule has 0 saturated heterocycles. The van der Waals surface area contributed by atoms with Gasteiger partial charge < -0.3 is 9.30 Å². The molecule has 1 heterocycles. The van der Waals surface area contributed by atoms with Gasteiger partial charge in [-0.2, -0.15) is 0 Å². The highest BCUT2D eigenvalue weighted by atomic mass is 19.1. The number of carbonyl (C=O) groups is 1. The topological polar surface area (TPSA) is 44.1 Å². The number of para-hydroxylation sites is 1. The molecule has 0 bridgehead atoms. The number of aromatic nitrogens is 2. The first kappa shape index (κ1) is 11.9. The zero-order chi connectivity index (χ0) is 13.2. The van der Waals surface area contributed by atoms with Gasteiger partial charge in [-0.1, -0.05) is 6.07 Å². The Balaban J connectivity index is 1.79. The Morgan fingerprint density at radius 1 is 1.47 bits per heavy atom. The monoisotopic (exact) mass is 260 g/mol. The van der Waals surface area contributed by atoms with Crippen LogP contribution in [0.5, 0.6) is 5.75 Å². The fraction of sp³-hybridized carbons (Fsp3) is 0.286. The van der Waals surface area contributed by atoms with Gasteiger partial charge in [0.05, 0.1) is 23.8 Å². The van der Waals surface area contributed by atoms with Gasteiger partial charge in [0.15, 0.2) is 17.9 Å². The lowest BCUT2D eigenvalue weighted by Gasteiger charge is -2.10. The summed E-state index contributed by atoms with van der Waals surface area (Å²) in [6.45, 7) is 0.207. The largest absolute Gasteiger partial charge is 0.483 e. The Hall–Kier alpha value is -2.17. The number of carbonyl (C=O) groups excluding carboxylic acids is 1. The van der Waals surface area contributed by atoms with Crippen LogP contribution in [-0.2, 0) is 6.61 Å². The minimum atomic E-state index is -0.526. The van der Waals surface area contributed by atoms with Gasteiger partial charge in [-0.25, -0.2) is 9.37 Å². The van der Waals surface area contributed by atoms with Crippen molar-refractivity contribution >= 4 is 6.29 Å². The van der Waals surface area contributed by atoms with Gasteiger partial charge in [0.1, 0.15) is 6.61 Å². The summed E-state index contributed by atoms with van der Waals surface area (Å²) in [5, 5.41) is 0. The molecule has 19 heavy (non-hydrogen) atoms. The van der Waals surface area contributed by atoms with E-state index in [4.69, 9.17) is 4.74 Å². The smallest absolute Gasteiger partial charge is 0.166 e. The SMILES string of the molecule is O=Cc1cccc(F)c1OCc1cncn1C1CC1. The van der Waals surface area contributed by atoms with Crippen LogP contribution >= 0.6 is 0 Å². The van der Waals surface area contributed by atoms with E-state index in [1.165, 1.54) is 18.2 Å². The second kappa shape index (κ2) is 4.84. The van der Waals surface area contributed by atoms with Crippen LogP contribution in [0.15, 0.2) is 30.7 Å². The van der Waals surface area contributed by atoms with Crippen LogP contribution in [0.4, 0.5) is 4.39 Å². The van der Waals surface area contributed by atoms with Crippen molar-refractivity contribution in [3.8, 4) is 5.75 Å². The summed E-state index contributed by atoms with van der Waals surface area (Å²) in [6.07, 6.45) is 6.35. The maximum absolute atomic E-state index is 13.6. The molecule has 2 aromatic rings. The van der Waals surface area contributed by atoms with Crippen LogP contribution in [0.3, 0.4) is 0 Å². The lowest BCUT2D eigenvalue weighted by molar-refractivity contribution is 0.111. The van der Waals surface area contributed by atoms with Crippen LogP contribution < -0.4 is 4.74 Å². The molecular formula is C14H13FN2O2. The summed E-state index contributed by atoms with van der Waals surface area (Å²) in [4.78, 5) is 14.9. The zero-order valence-corrected chi connectivity index (χ0v) is 10.3. The Labute approximate surface area is 109 Å². The summed E-state index contributed by atoms with van der Waals surface area (Å²) < 4.78 is 21.1. The average Bonchev–Trinajstić information content (AvgIpc) is 3.16. The van der Waals surface area contributed by atoms with Gasteiger partial charge in [-0.05, 0) is 25.0 Å². The molecule has 0 aliphatic heterocycles. The summed E-state index contributed by atoms with van der Waals surface area (Å²) in [5.74, 6) is -0.525. The Kier molecular flexibility index (Phi) is 3.03. The van der Waals surface area contributed by atoms with E-state index >= 15 is 0 Å². The summed E-state index contributed by atoms with van der Waals surface area (Å²) in [6, 6.07) is 4.79. The van der Waals surface area contributed by atoms with E-state index in [1.807, 2.05) is 4.57 Å². The van der Waals surface area contributed by atoms with Crippen molar-refractivity contribution in [2.75, 3.05) is 0 Å². The molecule has 1 aliphatic carbocycles. The molecule has 3 rings (SSSR count). The molecule has 1 aliphatic rings. The summed E-state index contributed by atoms with van der Waals surface area (Å²) in [5.41, 5.74) is 1.11. The number of halogens is 1. The van der Waals surface area contributed by atoms with Crippen molar-refractivity contribution in [2.45, 2.75) is 25.5 Å². The lowest BCUT2D eigenvalue weighted by atomic mass is 10.2. The second-order valence-corrected chi connectivity index (χ2v) is 4.59. The van der Waals surface area contributed by atoms with Gasteiger partial charge in [0.2, 0.25) is 0 Å². The van der Waals surface area contributed by atoms with Crippen LogP contribution in [0.2, 0.25) is 0 Å². The summed E-state index contributed by atoms with van der Waals surface area (Å²) >= 11 is 0. The van der Waals surface area contributed by atoms with Crippen LogP contribution in [-0.4, -0.2) is 15.8 Å². The highest BCUT2D eigenvalue weighted by Crippen LogP contribution is 2.35. The predicted molar refractivity (Wildman–Crippen MR) is 66.6 cm³/mol. The maximum Gasteiger partial charge on any atom is 0.166 e. The van der Waals surface area contributed by atoms with Crippen molar-refractivity contribution in [1.82, 2.24) is 9.55 Å². The molecule has 0 atom stereocenters. The molecule has 1 fully saturated rings. The number of imidazole rings is 1. The quantitative estimate of drug-likeness (QED) is 0.776. The van der Waals surface area contributed by atoms with Crippen molar-refractivity contribution in [1.29, 1.82) is 0 Å². The molecule has 0 N–H and O–H groups in total. The van der Waals surface area contributed by atoms with E-state index in [0.717, 1.165) is 18.5 Å². The Morgan fingerprint density at radius 2 is 2.32 bits per heavy atom. The fourth-order valence-electron chi connectivity index (χ4n) is 2.04. The van der Waals surface area contributed by atoms with Gasteiger partial charge in [0, 0.05) is 6.04 Å². The van der Waals surface area contributed by atoms with Crippen molar-refractivity contribution < 1.29 is 13.9 Å². The molecule has 0 radical (unpaired) electrons. The number of aldehydes is 1. The third-order valence-electron chi connectivity index (χ3n) is 3.18. The van der Waals surface area contributed by atoms with Gasteiger partial charge in [-0.3, -0.25) is 4.79 Å². The molecule has 1 saturated carbocycles. The van der Waals surface area contributed by atoms with E-state index in [-0.39, 0.29) is 17.9 Å². The molecule has 98 valence electrons. The molecule has 0 amide bonds. The average molecular weight is 260 g/mol. The first-order valence-electron chi connectivity index (χ1n) is 6.17. The fourth-order valence-corrected chi connectivity index (χ4v) is 2.04. The van der Waals surface area contributed by atoms with Crippen LogP contribution in [0.1, 0.15) is 34.9 Å². The number of rotatable bonds is 5. The van der Waals surface area contributed by atoms with Gasteiger partial charge >= 0.3 is 0 Å². The molecule has 0 spiro atoms. The highest BCUT2D eigenvalue weighted by molar-refractivity contribution is 5.79. The first-order chi connectivity index (χ1) is 9.29. The predicted octanol–water partition coefficient (Wildman–Crippen LogP) is 2.75. The molecule has 4 nitrogen and oxygen atoms in total. The number of hydrogen-bond acceptors (Lipinski definition) is 3. The first-order valence-corrected chi connectivity index (χ1v) is 6.17. The minimum Gasteiger partial charge on any atom is -0.483 e. The molecule has 1 aromatic carbocycles. The van der Waals surface area contributed by atoms with Gasteiger partial charge in [-0.15, -0.1) is 0 Å². The molecule has 5 heteroatoms. The van der Waals surface area contributed by atoms with E-state index in [2.05, 4.69) is 4.98 Å². The van der Waals surface area contributed by atoms with Crippen molar-refractivity contribution in [2.24, 2.45) is 0 Å². The number of nitrogens with zero attached hydrogens (tertiary/aromatic N) is 2. The summed E-state index contributed by atoms with van der Waals surface area (Å²) in [7, 11) is 0. The van der Waals surface area contributed by atoms with E-state index in [1.54, 1.807) is 12.5 Å². The molecular weight excluding hydrogens is 247 g/mol. The number of benzene rings is 1. The highest BCUT2D eigenvalue weighted by Gasteiger charge is 2.25. The minimum absolute atomic E-state index is 0.000969. The van der Waals surface area contributed by atoms with Crippen molar-refractivity contribution in [3.05, 3.63) is 47.8 Å². The lowest BCUT2D eigenvalue weighted by Crippen LogP contribution is -2.05. The van der Waals surface area contributed by atoms with Crippen LogP contribution in [0.25, 0.3) is 0 Å². The number of ether oxygens (including phenoxy) is 1.